The predicted octanol–water partition coefficient (Wildman–Crippen LogP) is 2.69. The standard InChI is InChI=1S/C22H24N6O/c1-17(18-6-3-2-4-7-18)26-21(29)20-16-19(8-11-23-20)27-12-14-28(15-13-27)22-24-9-5-10-25-22/h2-11,16-17H,12-15H2,1H3,(H,26,29). The maximum atomic E-state index is 12.7. The first-order valence-corrected chi connectivity index (χ1v) is 9.79. The van der Waals surface area contributed by atoms with Crippen molar-refractivity contribution >= 4 is 17.5 Å². The van der Waals surface area contributed by atoms with Gasteiger partial charge in [0, 0.05) is 50.5 Å². The van der Waals surface area contributed by atoms with Gasteiger partial charge in [0.2, 0.25) is 5.95 Å². The number of piperazine rings is 1. The molecule has 3 aromatic rings. The average molecular weight is 388 g/mol. The summed E-state index contributed by atoms with van der Waals surface area (Å²) in [5.41, 5.74) is 2.50. The van der Waals surface area contributed by atoms with Crippen LogP contribution in [0.15, 0.2) is 67.1 Å². The fourth-order valence-corrected chi connectivity index (χ4v) is 3.46. The Morgan fingerprint density at radius 3 is 2.31 bits per heavy atom. The van der Waals surface area contributed by atoms with E-state index >= 15 is 0 Å². The van der Waals surface area contributed by atoms with Crippen molar-refractivity contribution in [2.45, 2.75) is 13.0 Å². The zero-order valence-corrected chi connectivity index (χ0v) is 16.4. The number of anilines is 2. The van der Waals surface area contributed by atoms with Gasteiger partial charge in [0.1, 0.15) is 5.69 Å². The van der Waals surface area contributed by atoms with E-state index in [1.807, 2.05) is 55.5 Å². The zero-order chi connectivity index (χ0) is 20.1. The molecule has 1 aliphatic rings. The van der Waals surface area contributed by atoms with Crippen molar-refractivity contribution in [2.75, 3.05) is 36.0 Å². The number of hydrogen-bond acceptors (Lipinski definition) is 6. The largest absolute Gasteiger partial charge is 0.368 e. The van der Waals surface area contributed by atoms with Gasteiger partial charge in [-0.15, -0.1) is 0 Å². The van der Waals surface area contributed by atoms with Crippen molar-refractivity contribution in [1.29, 1.82) is 0 Å². The van der Waals surface area contributed by atoms with Crippen LogP contribution >= 0.6 is 0 Å². The highest BCUT2D eigenvalue weighted by Crippen LogP contribution is 2.19. The molecule has 148 valence electrons. The summed E-state index contributed by atoms with van der Waals surface area (Å²) in [6.45, 7) is 5.31. The molecule has 0 aliphatic carbocycles. The van der Waals surface area contributed by atoms with Crippen LogP contribution in [0.25, 0.3) is 0 Å². The van der Waals surface area contributed by atoms with Crippen molar-refractivity contribution in [3.8, 4) is 0 Å². The molecular formula is C22H24N6O. The lowest BCUT2D eigenvalue weighted by Crippen LogP contribution is -2.47. The molecule has 1 fully saturated rings. The molecule has 3 heterocycles. The number of pyridine rings is 1. The van der Waals surface area contributed by atoms with Gasteiger partial charge in [0.25, 0.3) is 5.91 Å². The molecule has 7 heteroatoms. The third kappa shape index (κ3) is 4.51. The van der Waals surface area contributed by atoms with E-state index in [4.69, 9.17) is 0 Å². The van der Waals surface area contributed by atoms with E-state index < -0.39 is 0 Å². The Morgan fingerprint density at radius 2 is 1.59 bits per heavy atom. The Kier molecular flexibility index (Phi) is 5.65. The number of amides is 1. The molecule has 0 spiro atoms. The summed E-state index contributed by atoms with van der Waals surface area (Å²) in [6, 6.07) is 15.5. The van der Waals surface area contributed by atoms with Gasteiger partial charge in [0.15, 0.2) is 0 Å². The Morgan fingerprint density at radius 1 is 0.897 bits per heavy atom. The lowest BCUT2D eigenvalue weighted by molar-refractivity contribution is 0.0935. The monoisotopic (exact) mass is 388 g/mol. The quantitative estimate of drug-likeness (QED) is 0.724. The molecule has 2 aromatic heterocycles. The molecule has 1 N–H and O–H groups in total. The highest BCUT2D eigenvalue weighted by atomic mass is 16.1. The number of nitrogens with zero attached hydrogens (tertiary/aromatic N) is 5. The van der Waals surface area contributed by atoms with E-state index in [0.29, 0.717) is 5.69 Å². The fourth-order valence-electron chi connectivity index (χ4n) is 3.46. The summed E-state index contributed by atoms with van der Waals surface area (Å²) < 4.78 is 0. The second-order valence-corrected chi connectivity index (χ2v) is 7.03. The first-order chi connectivity index (χ1) is 14.2. The topological polar surface area (TPSA) is 74.2 Å². The number of rotatable bonds is 5. The number of carbonyl (C=O) groups is 1. The van der Waals surface area contributed by atoms with Crippen LogP contribution < -0.4 is 15.1 Å². The summed E-state index contributed by atoms with van der Waals surface area (Å²) in [6.07, 6.45) is 5.22. The highest BCUT2D eigenvalue weighted by Gasteiger charge is 2.20. The van der Waals surface area contributed by atoms with Crippen LogP contribution in [0.2, 0.25) is 0 Å². The van der Waals surface area contributed by atoms with E-state index in [0.717, 1.165) is 43.4 Å². The number of hydrogen-bond donors (Lipinski definition) is 1. The van der Waals surface area contributed by atoms with Crippen LogP contribution in [0, 0.1) is 0 Å². The minimum absolute atomic E-state index is 0.0800. The average Bonchev–Trinajstić information content (AvgIpc) is 2.80. The first kappa shape index (κ1) is 18.9. The molecule has 0 bridgehead atoms. The molecule has 29 heavy (non-hydrogen) atoms. The van der Waals surface area contributed by atoms with Crippen LogP contribution in [0.5, 0.6) is 0 Å². The van der Waals surface area contributed by atoms with Gasteiger partial charge in [-0.25, -0.2) is 9.97 Å². The van der Waals surface area contributed by atoms with E-state index in [2.05, 4.69) is 30.1 Å². The molecule has 1 amide bonds. The van der Waals surface area contributed by atoms with Crippen molar-refractivity contribution < 1.29 is 4.79 Å². The molecule has 1 aromatic carbocycles. The third-order valence-corrected chi connectivity index (χ3v) is 5.10. The number of benzene rings is 1. The second-order valence-electron chi connectivity index (χ2n) is 7.03. The normalized spacial score (nSPS) is 15.1. The van der Waals surface area contributed by atoms with Crippen molar-refractivity contribution in [2.24, 2.45) is 0 Å². The molecule has 0 saturated carbocycles. The van der Waals surface area contributed by atoms with Gasteiger partial charge in [0.05, 0.1) is 6.04 Å². The predicted molar refractivity (Wildman–Crippen MR) is 113 cm³/mol. The number of nitrogens with one attached hydrogen (secondary N) is 1. The lowest BCUT2D eigenvalue weighted by atomic mass is 10.1. The molecule has 1 unspecified atom stereocenters. The van der Waals surface area contributed by atoms with Gasteiger partial charge in [-0.1, -0.05) is 30.3 Å². The van der Waals surface area contributed by atoms with Gasteiger partial charge in [-0.05, 0) is 30.7 Å². The van der Waals surface area contributed by atoms with Crippen molar-refractivity contribution in [3.63, 3.8) is 0 Å². The van der Waals surface area contributed by atoms with Crippen LogP contribution in [0.3, 0.4) is 0 Å². The third-order valence-electron chi connectivity index (χ3n) is 5.10. The molecule has 1 atom stereocenters. The van der Waals surface area contributed by atoms with Gasteiger partial charge >= 0.3 is 0 Å². The second kappa shape index (κ2) is 8.68. The summed E-state index contributed by atoms with van der Waals surface area (Å²) in [7, 11) is 0. The maximum Gasteiger partial charge on any atom is 0.270 e. The fraction of sp³-hybridized carbons (Fsp3) is 0.273. The van der Waals surface area contributed by atoms with Crippen molar-refractivity contribution in [1.82, 2.24) is 20.3 Å². The van der Waals surface area contributed by atoms with Crippen LogP contribution in [-0.2, 0) is 0 Å². The Labute approximate surface area is 170 Å². The Hall–Kier alpha value is -3.48. The summed E-state index contributed by atoms with van der Waals surface area (Å²) in [5.74, 6) is 0.594. The van der Waals surface area contributed by atoms with E-state index in [1.165, 1.54) is 0 Å². The summed E-state index contributed by atoms with van der Waals surface area (Å²) >= 11 is 0. The maximum absolute atomic E-state index is 12.7. The van der Waals surface area contributed by atoms with E-state index in [9.17, 15) is 4.79 Å². The molecule has 4 rings (SSSR count). The first-order valence-electron chi connectivity index (χ1n) is 9.79. The van der Waals surface area contributed by atoms with E-state index in [1.54, 1.807) is 18.6 Å². The van der Waals surface area contributed by atoms with Crippen LogP contribution in [0.1, 0.15) is 29.0 Å². The smallest absolute Gasteiger partial charge is 0.270 e. The van der Waals surface area contributed by atoms with Crippen LogP contribution in [-0.4, -0.2) is 47.0 Å². The minimum Gasteiger partial charge on any atom is -0.368 e. The Balaban J connectivity index is 1.39. The number of carbonyl (C=O) groups excluding carboxylic acids is 1. The lowest BCUT2D eigenvalue weighted by Gasteiger charge is -2.36. The molecular weight excluding hydrogens is 364 g/mol. The summed E-state index contributed by atoms with van der Waals surface area (Å²) in [4.78, 5) is 30.0. The molecule has 0 radical (unpaired) electrons. The van der Waals surface area contributed by atoms with E-state index in [-0.39, 0.29) is 11.9 Å². The summed E-state index contributed by atoms with van der Waals surface area (Å²) in [5, 5.41) is 3.03. The SMILES string of the molecule is CC(NC(=O)c1cc(N2CCN(c3ncccn3)CC2)ccn1)c1ccccc1. The minimum atomic E-state index is -0.167. The Bertz CT molecular complexity index is 942. The molecule has 1 aliphatic heterocycles. The number of aromatic nitrogens is 3. The van der Waals surface area contributed by atoms with Gasteiger partial charge in [-0.3, -0.25) is 9.78 Å². The van der Waals surface area contributed by atoms with Gasteiger partial charge < -0.3 is 15.1 Å². The van der Waals surface area contributed by atoms with Crippen molar-refractivity contribution in [3.05, 3.63) is 78.4 Å². The zero-order valence-electron chi connectivity index (χ0n) is 16.4. The highest BCUT2D eigenvalue weighted by molar-refractivity contribution is 5.93. The van der Waals surface area contributed by atoms with Crippen LogP contribution in [0.4, 0.5) is 11.6 Å². The molecule has 1 saturated heterocycles. The van der Waals surface area contributed by atoms with Gasteiger partial charge in [-0.2, -0.15) is 0 Å². The molecule has 7 nitrogen and oxygen atoms in total.